The van der Waals surface area contributed by atoms with E-state index in [4.69, 9.17) is 5.26 Å². The van der Waals surface area contributed by atoms with E-state index in [2.05, 4.69) is 22.5 Å². The number of hydrogen-bond acceptors (Lipinski definition) is 2. The highest BCUT2D eigenvalue weighted by Crippen LogP contribution is 2.16. The van der Waals surface area contributed by atoms with Gasteiger partial charge in [-0.2, -0.15) is 5.26 Å². The van der Waals surface area contributed by atoms with E-state index in [0.717, 1.165) is 23.3 Å². The van der Waals surface area contributed by atoms with Gasteiger partial charge in [0.25, 0.3) is 0 Å². The number of rotatable bonds is 1. The van der Waals surface area contributed by atoms with Gasteiger partial charge < -0.3 is 4.57 Å². The number of nitrogens with zero attached hydrogens (tertiary/aromatic N) is 3. The van der Waals surface area contributed by atoms with Gasteiger partial charge in [-0.25, -0.2) is 4.98 Å². The Morgan fingerprint density at radius 1 is 1.50 bits per heavy atom. The van der Waals surface area contributed by atoms with Crippen LogP contribution in [0.25, 0.3) is 11.0 Å². The van der Waals surface area contributed by atoms with Gasteiger partial charge in [-0.15, -0.1) is 0 Å². The molecule has 0 unspecified atom stereocenters. The highest BCUT2D eigenvalue weighted by molar-refractivity contribution is 5.77. The zero-order valence-electron chi connectivity index (χ0n) is 8.28. The maximum atomic E-state index is 8.75. The summed E-state index contributed by atoms with van der Waals surface area (Å²) in [7, 11) is 2.00. The fraction of sp³-hybridized carbons (Fsp3) is 0.273. The second kappa shape index (κ2) is 3.15. The second-order valence-electron chi connectivity index (χ2n) is 3.26. The van der Waals surface area contributed by atoms with Crippen molar-refractivity contribution in [2.75, 3.05) is 0 Å². The van der Waals surface area contributed by atoms with E-state index >= 15 is 0 Å². The lowest BCUT2D eigenvalue weighted by Gasteiger charge is -1.97. The summed E-state index contributed by atoms with van der Waals surface area (Å²) in [5, 5.41) is 8.75. The summed E-state index contributed by atoms with van der Waals surface area (Å²) in [6, 6.07) is 7.71. The molecule has 0 aliphatic heterocycles. The van der Waals surface area contributed by atoms with Crippen LogP contribution in [0.1, 0.15) is 18.3 Å². The van der Waals surface area contributed by atoms with Gasteiger partial charge in [0.15, 0.2) is 0 Å². The van der Waals surface area contributed by atoms with Crippen molar-refractivity contribution in [2.24, 2.45) is 7.05 Å². The van der Waals surface area contributed by atoms with Crippen molar-refractivity contribution in [3.63, 3.8) is 0 Å². The van der Waals surface area contributed by atoms with Gasteiger partial charge in [0.1, 0.15) is 5.82 Å². The normalized spacial score (nSPS) is 10.4. The van der Waals surface area contributed by atoms with Crippen LogP contribution in [0.3, 0.4) is 0 Å². The second-order valence-corrected chi connectivity index (χ2v) is 3.26. The van der Waals surface area contributed by atoms with Crippen LogP contribution in [0.4, 0.5) is 0 Å². The molecule has 0 saturated carbocycles. The van der Waals surface area contributed by atoms with Crippen molar-refractivity contribution in [1.82, 2.24) is 9.55 Å². The Hall–Kier alpha value is -1.82. The zero-order chi connectivity index (χ0) is 10.1. The van der Waals surface area contributed by atoms with E-state index in [1.807, 2.05) is 25.2 Å². The van der Waals surface area contributed by atoms with E-state index < -0.39 is 0 Å². The van der Waals surface area contributed by atoms with E-state index in [0.29, 0.717) is 5.56 Å². The first-order valence-electron chi connectivity index (χ1n) is 4.61. The summed E-state index contributed by atoms with van der Waals surface area (Å²) in [5.74, 6) is 1.05. The molecule has 0 atom stereocenters. The number of fused-ring (bicyclic) bond motifs is 1. The standard InChI is InChI=1S/C11H11N3/c1-3-11-13-9-6-8(7-12)4-5-10(9)14(11)2/h4-6H,3H2,1-2H3. The molecule has 0 radical (unpaired) electrons. The molecule has 3 heteroatoms. The third-order valence-electron chi connectivity index (χ3n) is 2.42. The minimum atomic E-state index is 0.665. The molecule has 1 heterocycles. The molecule has 0 aliphatic carbocycles. The van der Waals surface area contributed by atoms with Crippen molar-refractivity contribution in [3.8, 4) is 6.07 Å². The molecule has 1 aromatic heterocycles. The molecule has 0 bridgehead atoms. The lowest BCUT2D eigenvalue weighted by atomic mass is 10.2. The maximum absolute atomic E-state index is 8.75. The molecular weight excluding hydrogens is 174 g/mol. The minimum absolute atomic E-state index is 0.665. The maximum Gasteiger partial charge on any atom is 0.109 e. The lowest BCUT2D eigenvalue weighted by Crippen LogP contribution is -1.94. The molecule has 0 amide bonds. The number of aryl methyl sites for hydroxylation is 2. The molecule has 70 valence electrons. The monoisotopic (exact) mass is 185 g/mol. The number of imidazole rings is 1. The van der Waals surface area contributed by atoms with Gasteiger partial charge in [-0.3, -0.25) is 0 Å². The Balaban J connectivity index is 2.74. The Kier molecular flexibility index (Phi) is 1.97. The highest BCUT2D eigenvalue weighted by Gasteiger charge is 2.05. The number of hydrogen-bond donors (Lipinski definition) is 0. The average Bonchev–Trinajstić information content (AvgIpc) is 2.55. The summed E-state index contributed by atoms with van der Waals surface area (Å²) in [4.78, 5) is 4.45. The highest BCUT2D eigenvalue weighted by atomic mass is 15.1. The molecule has 0 spiro atoms. The molecule has 2 aromatic rings. The molecule has 14 heavy (non-hydrogen) atoms. The summed E-state index contributed by atoms with van der Waals surface area (Å²) in [6.45, 7) is 2.08. The molecule has 2 rings (SSSR count). The smallest absolute Gasteiger partial charge is 0.109 e. The summed E-state index contributed by atoms with van der Waals surface area (Å²) >= 11 is 0. The Bertz CT molecular complexity index is 517. The first-order chi connectivity index (χ1) is 6.76. The van der Waals surface area contributed by atoms with E-state index in [-0.39, 0.29) is 0 Å². The SMILES string of the molecule is CCc1nc2cc(C#N)ccc2n1C. The van der Waals surface area contributed by atoms with Crippen LogP contribution in [-0.4, -0.2) is 9.55 Å². The summed E-state index contributed by atoms with van der Waals surface area (Å²) in [5.41, 5.74) is 2.66. The van der Waals surface area contributed by atoms with E-state index in [9.17, 15) is 0 Å². The number of benzene rings is 1. The topological polar surface area (TPSA) is 41.6 Å². The quantitative estimate of drug-likeness (QED) is 0.682. The Morgan fingerprint density at radius 3 is 2.93 bits per heavy atom. The number of nitriles is 1. The van der Waals surface area contributed by atoms with Crippen molar-refractivity contribution in [3.05, 3.63) is 29.6 Å². The largest absolute Gasteiger partial charge is 0.331 e. The van der Waals surface area contributed by atoms with Crippen LogP contribution in [0.5, 0.6) is 0 Å². The van der Waals surface area contributed by atoms with Gasteiger partial charge in [0, 0.05) is 13.5 Å². The van der Waals surface area contributed by atoms with Crippen LogP contribution in [0.15, 0.2) is 18.2 Å². The van der Waals surface area contributed by atoms with Gasteiger partial charge in [-0.05, 0) is 18.2 Å². The third kappa shape index (κ3) is 1.16. The van der Waals surface area contributed by atoms with E-state index in [1.54, 1.807) is 0 Å². The van der Waals surface area contributed by atoms with E-state index in [1.165, 1.54) is 0 Å². The third-order valence-corrected chi connectivity index (χ3v) is 2.42. The summed E-state index contributed by atoms with van der Waals surface area (Å²) in [6.07, 6.45) is 0.910. The minimum Gasteiger partial charge on any atom is -0.331 e. The fourth-order valence-corrected chi connectivity index (χ4v) is 1.64. The first-order valence-corrected chi connectivity index (χ1v) is 4.61. The molecule has 0 aliphatic rings. The van der Waals surface area contributed by atoms with Crippen molar-refractivity contribution < 1.29 is 0 Å². The van der Waals surface area contributed by atoms with Crippen LogP contribution in [0, 0.1) is 11.3 Å². The Labute approximate surface area is 82.6 Å². The van der Waals surface area contributed by atoms with Crippen molar-refractivity contribution in [2.45, 2.75) is 13.3 Å². The van der Waals surface area contributed by atoms with Crippen LogP contribution < -0.4 is 0 Å². The molecule has 0 N–H and O–H groups in total. The van der Waals surface area contributed by atoms with Gasteiger partial charge >= 0.3 is 0 Å². The lowest BCUT2D eigenvalue weighted by molar-refractivity contribution is 0.829. The fourth-order valence-electron chi connectivity index (χ4n) is 1.64. The predicted molar refractivity (Wildman–Crippen MR) is 54.8 cm³/mol. The number of aromatic nitrogens is 2. The van der Waals surface area contributed by atoms with Gasteiger partial charge in [0.2, 0.25) is 0 Å². The summed E-state index contributed by atoms with van der Waals surface area (Å²) < 4.78 is 2.07. The average molecular weight is 185 g/mol. The van der Waals surface area contributed by atoms with Gasteiger partial charge in [-0.1, -0.05) is 6.92 Å². The van der Waals surface area contributed by atoms with Crippen molar-refractivity contribution in [1.29, 1.82) is 5.26 Å². The molecule has 0 saturated heterocycles. The molecule has 0 fully saturated rings. The van der Waals surface area contributed by atoms with Crippen LogP contribution >= 0.6 is 0 Å². The van der Waals surface area contributed by atoms with Crippen molar-refractivity contribution >= 4 is 11.0 Å². The van der Waals surface area contributed by atoms with Gasteiger partial charge in [0.05, 0.1) is 22.7 Å². The van der Waals surface area contributed by atoms with Crippen LogP contribution in [0.2, 0.25) is 0 Å². The molecular formula is C11H11N3. The first kappa shape index (κ1) is 8.76. The molecule has 3 nitrogen and oxygen atoms in total. The Morgan fingerprint density at radius 2 is 2.29 bits per heavy atom. The van der Waals surface area contributed by atoms with Crippen LogP contribution in [-0.2, 0) is 13.5 Å². The predicted octanol–water partition coefficient (Wildman–Crippen LogP) is 2.01. The zero-order valence-corrected chi connectivity index (χ0v) is 8.28. The molecule has 1 aromatic carbocycles.